The number of nitrogens with two attached hydrogens (primary N) is 1. The Bertz CT molecular complexity index is 1050. The van der Waals surface area contributed by atoms with Gasteiger partial charge in [0.2, 0.25) is 5.91 Å². The quantitative estimate of drug-likeness (QED) is 0.621. The molecule has 0 bridgehead atoms. The molecular formula is C21H17N3O. The Morgan fingerprint density at radius 3 is 2.52 bits per heavy atom. The molecule has 0 unspecified atom stereocenters. The lowest BCUT2D eigenvalue weighted by Gasteiger charge is -2.07. The molecule has 2 heterocycles. The second-order valence-electron chi connectivity index (χ2n) is 6.00. The van der Waals surface area contributed by atoms with Gasteiger partial charge >= 0.3 is 0 Å². The van der Waals surface area contributed by atoms with Gasteiger partial charge in [-0.2, -0.15) is 0 Å². The Morgan fingerprint density at radius 1 is 0.920 bits per heavy atom. The summed E-state index contributed by atoms with van der Waals surface area (Å²) in [5.74, 6) is -0.325. The standard InChI is InChI=1S/C21H17N3O/c22-20(25)12-15-5-4-8-17(11-15)18-9-10-21-23-13-19(24(21)14-18)16-6-2-1-3-7-16/h1-11,13-14H,12H2,(H2,22,25). The van der Waals surface area contributed by atoms with Gasteiger partial charge in [0.15, 0.2) is 0 Å². The second kappa shape index (κ2) is 6.24. The van der Waals surface area contributed by atoms with Crippen LogP contribution in [0.15, 0.2) is 79.1 Å². The van der Waals surface area contributed by atoms with Crippen molar-refractivity contribution in [3.63, 3.8) is 0 Å². The number of imidazole rings is 1. The molecule has 25 heavy (non-hydrogen) atoms. The van der Waals surface area contributed by atoms with Crippen molar-refractivity contribution in [1.82, 2.24) is 9.38 Å². The molecule has 0 aliphatic carbocycles. The van der Waals surface area contributed by atoms with Crippen molar-refractivity contribution in [3.05, 3.63) is 84.7 Å². The summed E-state index contributed by atoms with van der Waals surface area (Å²) in [6, 6.07) is 22.1. The van der Waals surface area contributed by atoms with Gasteiger partial charge in [0.05, 0.1) is 18.3 Å². The molecule has 4 aromatic rings. The third-order valence-corrected chi connectivity index (χ3v) is 4.21. The Kier molecular flexibility index (Phi) is 3.78. The van der Waals surface area contributed by atoms with Crippen molar-refractivity contribution in [2.24, 2.45) is 5.73 Å². The lowest BCUT2D eigenvalue weighted by atomic mass is 10.0. The highest BCUT2D eigenvalue weighted by molar-refractivity contribution is 5.77. The number of primary amides is 1. The van der Waals surface area contributed by atoms with Crippen LogP contribution in [0.4, 0.5) is 0 Å². The second-order valence-corrected chi connectivity index (χ2v) is 6.00. The first-order valence-corrected chi connectivity index (χ1v) is 8.11. The summed E-state index contributed by atoms with van der Waals surface area (Å²) in [5, 5.41) is 0. The van der Waals surface area contributed by atoms with E-state index in [4.69, 9.17) is 5.73 Å². The fraction of sp³-hybridized carbons (Fsp3) is 0.0476. The van der Waals surface area contributed by atoms with Gasteiger partial charge in [-0.25, -0.2) is 4.98 Å². The van der Waals surface area contributed by atoms with E-state index in [1.54, 1.807) is 0 Å². The topological polar surface area (TPSA) is 60.4 Å². The molecule has 0 aliphatic rings. The number of aromatic nitrogens is 2. The predicted molar refractivity (Wildman–Crippen MR) is 99.0 cm³/mol. The Morgan fingerprint density at radius 2 is 1.72 bits per heavy atom. The Labute approximate surface area is 145 Å². The van der Waals surface area contributed by atoms with E-state index in [9.17, 15) is 4.79 Å². The number of nitrogens with zero attached hydrogens (tertiary/aromatic N) is 2. The van der Waals surface area contributed by atoms with Crippen LogP contribution in [0, 0.1) is 0 Å². The van der Waals surface area contributed by atoms with Crippen molar-refractivity contribution in [2.75, 3.05) is 0 Å². The van der Waals surface area contributed by atoms with Gasteiger partial charge in [0, 0.05) is 11.8 Å². The maximum absolute atomic E-state index is 11.2. The number of carbonyl (C=O) groups excluding carboxylic acids is 1. The van der Waals surface area contributed by atoms with Crippen LogP contribution < -0.4 is 5.73 Å². The predicted octanol–water partition coefficient (Wildman–Crippen LogP) is 3.70. The third-order valence-electron chi connectivity index (χ3n) is 4.21. The van der Waals surface area contributed by atoms with E-state index in [-0.39, 0.29) is 12.3 Å². The highest BCUT2D eigenvalue weighted by Crippen LogP contribution is 2.25. The first kappa shape index (κ1) is 15.1. The number of rotatable bonds is 4. The van der Waals surface area contributed by atoms with E-state index in [1.807, 2.05) is 60.8 Å². The van der Waals surface area contributed by atoms with Crippen LogP contribution in [-0.4, -0.2) is 15.3 Å². The van der Waals surface area contributed by atoms with Crippen LogP contribution in [0.3, 0.4) is 0 Å². The molecule has 2 aromatic heterocycles. The fourth-order valence-corrected chi connectivity index (χ4v) is 3.04. The van der Waals surface area contributed by atoms with Gasteiger partial charge in [-0.05, 0) is 28.8 Å². The first-order valence-electron chi connectivity index (χ1n) is 8.11. The number of hydrogen-bond donors (Lipinski definition) is 1. The van der Waals surface area contributed by atoms with Crippen LogP contribution in [-0.2, 0) is 11.2 Å². The molecule has 122 valence electrons. The molecule has 0 saturated carbocycles. The third kappa shape index (κ3) is 3.02. The summed E-state index contributed by atoms with van der Waals surface area (Å²) in [5.41, 5.74) is 11.4. The summed E-state index contributed by atoms with van der Waals surface area (Å²) < 4.78 is 2.09. The van der Waals surface area contributed by atoms with Crippen molar-refractivity contribution in [1.29, 1.82) is 0 Å². The van der Waals surface area contributed by atoms with E-state index in [0.29, 0.717) is 0 Å². The molecule has 4 heteroatoms. The molecule has 0 saturated heterocycles. The van der Waals surface area contributed by atoms with Crippen molar-refractivity contribution in [3.8, 4) is 22.4 Å². The summed E-state index contributed by atoms with van der Waals surface area (Å²) >= 11 is 0. The summed E-state index contributed by atoms with van der Waals surface area (Å²) in [4.78, 5) is 15.7. The number of fused-ring (bicyclic) bond motifs is 1. The summed E-state index contributed by atoms with van der Waals surface area (Å²) in [7, 11) is 0. The van der Waals surface area contributed by atoms with E-state index in [0.717, 1.165) is 33.6 Å². The Balaban J connectivity index is 1.80. The van der Waals surface area contributed by atoms with E-state index >= 15 is 0 Å². The average molecular weight is 327 g/mol. The minimum Gasteiger partial charge on any atom is -0.369 e. The van der Waals surface area contributed by atoms with Crippen molar-refractivity contribution >= 4 is 11.6 Å². The van der Waals surface area contributed by atoms with Gasteiger partial charge in [0.1, 0.15) is 5.65 Å². The zero-order valence-electron chi connectivity index (χ0n) is 13.6. The van der Waals surface area contributed by atoms with Crippen molar-refractivity contribution < 1.29 is 4.79 Å². The summed E-state index contributed by atoms with van der Waals surface area (Å²) in [6.07, 6.45) is 4.21. The summed E-state index contributed by atoms with van der Waals surface area (Å²) in [6.45, 7) is 0. The van der Waals surface area contributed by atoms with Gasteiger partial charge in [-0.1, -0.05) is 54.6 Å². The van der Waals surface area contributed by atoms with E-state index in [2.05, 4.69) is 27.7 Å². The van der Waals surface area contributed by atoms with Crippen LogP contribution in [0.2, 0.25) is 0 Å². The average Bonchev–Trinajstić information content (AvgIpc) is 3.05. The molecular weight excluding hydrogens is 310 g/mol. The van der Waals surface area contributed by atoms with E-state index < -0.39 is 0 Å². The molecule has 2 aromatic carbocycles. The minimum absolute atomic E-state index is 0.246. The lowest BCUT2D eigenvalue weighted by Crippen LogP contribution is -2.13. The number of carbonyl (C=O) groups is 1. The van der Waals surface area contributed by atoms with Gasteiger partial charge in [-0.15, -0.1) is 0 Å². The zero-order chi connectivity index (χ0) is 17.2. The highest BCUT2D eigenvalue weighted by Gasteiger charge is 2.08. The molecule has 1 amide bonds. The molecule has 0 fully saturated rings. The largest absolute Gasteiger partial charge is 0.369 e. The smallest absolute Gasteiger partial charge is 0.221 e. The molecule has 4 nitrogen and oxygen atoms in total. The maximum Gasteiger partial charge on any atom is 0.221 e. The monoisotopic (exact) mass is 327 g/mol. The lowest BCUT2D eigenvalue weighted by molar-refractivity contribution is -0.117. The fourth-order valence-electron chi connectivity index (χ4n) is 3.04. The molecule has 2 N–H and O–H groups in total. The molecule has 0 aliphatic heterocycles. The van der Waals surface area contributed by atoms with Crippen LogP contribution in [0.25, 0.3) is 28.0 Å². The molecule has 0 atom stereocenters. The van der Waals surface area contributed by atoms with E-state index in [1.165, 1.54) is 0 Å². The SMILES string of the molecule is NC(=O)Cc1cccc(-c2ccc3ncc(-c4ccccc4)n3c2)c1. The van der Waals surface area contributed by atoms with Gasteiger partial charge in [-0.3, -0.25) is 9.20 Å². The van der Waals surface area contributed by atoms with Crippen LogP contribution >= 0.6 is 0 Å². The normalized spacial score (nSPS) is 10.9. The van der Waals surface area contributed by atoms with Gasteiger partial charge < -0.3 is 5.73 Å². The molecule has 0 spiro atoms. The van der Waals surface area contributed by atoms with Gasteiger partial charge in [0.25, 0.3) is 0 Å². The first-order chi connectivity index (χ1) is 12.2. The molecule has 4 rings (SSSR count). The van der Waals surface area contributed by atoms with Crippen LogP contribution in [0.5, 0.6) is 0 Å². The Hall–Kier alpha value is -3.40. The van der Waals surface area contributed by atoms with Crippen LogP contribution in [0.1, 0.15) is 5.56 Å². The number of amides is 1. The maximum atomic E-state index is 11.2. The number of benzene rings is 2. The highest BCUT2D eigenvalue weighted by atomic mass is 16.1. The zero-order valence-corrected chi connectivity index (χ0v) is 13.6. The minimum atomic E-state index is -0.325. The number of hydrogen-bond acceptors (Lipinski definition) is 2. The molecule has 0 radical (unpaired) electrons. The number of pyridine rings is 1. The van der Waals surface area contributed by atoms with Crippen molar-refractivity contribution in [2.45, 2.75) is 6.42 Å².